The maximum Gasteiger partial charge on any atom is 0.154 e. The van der Waals surface area contributed by atoms with Gasteiger partial charge in [-0.3, -0.25) is 0 Å². The van der Waals surface area contributed by atoms with Gasteiger partial charge in [0.15, 0.2) is 5.17 Å². The molecule has 26 heavy (non-hydrogen) atoms. The lowest BCUT2D eigenvalue weighted by molar-refractivity contribution is 0.176. The third-order valence-electron chi connectivity index (χ3n) is 4.45. The first-order valence-electron chi connectivity index (χ1n) is 7.41. The highest BCUT2D eigenvalue weighted by Gasteiger charge is 2.49. The number of aliphatic imine (C=N–C) groups is 1. The Labute approximate surface area is 165 Å². The molecule has 1 fully saturated rings. The average molecular weight is 421 g/mol. The number of hydrogen-bond acceptors (Lipinski definition) is 6. The summed E-state index contributed by atoms with van der Waals surface area (Å²) >= 11 is 1.43. The van der Waals surface area contributed by atoms with Crippen LogP contribution in [0.4, 0.5) is 8.78 Å². The molecule has 3 heterocycles. The molecule has 2 unspecified atom stereocenters. The number of ether oxygens (including phenoxy) is 1. The number of amidine groups is 1. The van der Waals surface area contributed by atoms with Gasteiger partial charge in [0.25, 0.3) is 0 Å². The molecule has 0 radical (unpaired) electrons. The van der Waals surface area contributed by atoms with E-state index in [0.29, 0.717) is 28.7 Å². The summed E-state index contributed by atoms with van der Waals surface area (Å²) < 4.78 is 34.5. The SMILES string of the molecule is Cl.Cl.NC1=NC2(c3cc(-c4cncnc4)c(F)cc3F)COCC2CS1. The van der Waals surface area contributed by atoms with E-state index in [1.807, 2.05) is 0 Å². The molecule has 1 aromatic carbocycles. The van der Waals surface area contributed by atoms with Gasteiger partial charge in [-0.25, -0.2) is 23.7 Å². The minimum Gasteiger partial charge on any atom is -0.379 e. The van der Waals surface area contributed by atoms with Crippen LogP contribution in [-0.4, -0.2) is 34.1 Å². The molecule has 0 aliphatic carbocycles. The fourth-order valence-electron chi connectivity index (χ4n) is 3.23. The predicted octanol–water partition coefficient (Wildman–Crippen LogP) is 3.17. The topological polar surface area (TPSA) is 73.4 Å². The third-order valence-corrected chi connectivity index (χ3v) is 5.41. The minimum atomic E-state index is -0.905. The molecule has 1 saturated heterocycles. The fraction of sp³-hybridized carbons (Fsp3) is 0.312. The van der Waals surface area contributed by atoms with Gasteiger partial charge in [-0.2, -0.15) is 0 Å². The Bertz CT molecular complexity index is 827. The molecule has 4 rings (SSSR count). The molecular weight excluding hydrogens is 405 g/mol. The zero-order valence-electron chi connectivity index (χ0n) is 13.4. The Hall–Kier alpha value is -1.48. The molecule has 10 heteroatoms. The van der Waals surface area contributed by atoms with Crippen molar-refractivity contribution in [3.05, 3.63) is 48.1 Å². The van der Waals surface area contributed by atoms with Crippen molar-refractivity contribution < 1.29 is 13.5 Å². The van der Waals surface area contributed by atoms with E-state index in [1.54, 1.807) is 0 Å². The van der Waals surface area contributed by atoms with Gasteiger partial charge in [-0.1, -0.05) is 11.8 Å². The van der Waals surface area contributed by atoms with Gasteiger partial charge in [0.2, 0.25) is 0 Å². The quantitative estimate of drug-likeness (QED) is 0.807. The van der Waals surface area contributed by atoms with E-state index in [1.165, 1.54) is 36.5 Å². The van der Waals surface area contributed by atoms with Gasteiger partial charge in [0.05, 0.1) is 13.2 Å². The van der Waals surface area contributed by atoms with Crippen LogP contribution in [0.2, 0.25) is 0 Å². The summed E-state index contributed by atoms with van der Waals surface area (Å²) in [5.74, 6) is -0.627. The smallest absolute Gasteiger partial charge is 0.154 e. The van der Waals surface area contributed by atoms with Crippen LogP contribution >= 0.6 is 36.6 Å². The van der Waals surface area contributed by atoms with E-state index in [9.17, 15) is 8.78 Å². The second kappa shape index (κ2) is 8.04. The van der Waals surface area contributed by atoms with Crippen molar-refractivity contribution >= 4 is 41.7 Å². The van der Waals surface area contributed by atoms with E-state index in [4.69, 9.17) is 10.5 Å². The number of rotatable bonds is 2. The van der Waals surface area contributed by atoms with Gasteiger partial charge in [0.1, 0.15) is 23.5 Å². The minimum absolute atomic E-state index is 0. The first-order chi connectivity index (χ1) is 11.6. The third kappa shape index (κ3) is 3.38. The monoisotopic (exact) mass is 420 g/mol. The summed E-state index contributed by atoms with van der Waals surface area (Å²) in [6.45, 7) is 0.705. The highest BCUT2D eigenvalue weighted by atomic mass is 35.5. The van der Waals surface area contributed by atoms with E-state index >= 15 is 0 Å². The number of thioether (sulfide) groups is 1. The van der Waals surface area contributed by atoms with Crippen LogP contribution in [0.15, 0.2) is 35.8 Å². The van der Waals surface area contributed by atoms with Gasteiger partial charge < -0.3 is 10.5 Å². The summed E-state index contributed by atoms with van der Waals surface area (Å²) in [5.41, 5.74) is 5.99. The largest absolute Gasteiger partial charge is 0.379 e. The van der Waals surface area contributed by atoms with E-state index in [0.717, 1.165) is 6.07 Å². The Morgan fingerprint density at radius 3 is 2.62 bits per heavy atom. The number of aromatic nitrogens is 2. The maximum atomic E-state index is 14.6. The maximum absolute atomic E-state index is 14.6. The molecule has 2 aliphatic heterocycles. The molecule has 0 spiro atoms. The number of halogens is 4. The van der Waals surface area contributed by atoms with Crippen molar-refractivity contribution in [3.8, 4) is 11.1 Å². The highest BCUT2D eigenvalue weighted by Crippen LogP contribution is 2.46. The number of nitrogens with two attached hydrogens (primary N) is 1. The Morgan fingerprint density at radius 2 is 1.88 bits per heavy atom. The number of fused-ring (bicyclic) bond motifs is 1. The molecule has 2 aromatic rings. The van der Waals surface area contributed by atoms with Crippen molar-refractivity contribution in [2.45, 2.75) is 5.54 Å². The lowest BCUT2D eigenvalue weighted by atomic mass is 9.80. The molecule has 0 bridgehead atoms. The molecule has 2 aliphatic rings. The Balaban J connectivity index is 0.00000121. The van der Waals surface area contributed by atoms with Crippen LogP contribution < -0.4 is 5.73 Å². The van der Waals surface area contributed by atoms with Crippen LogP contribution in [0.5, 0.6) is 0 Å². The van der Waals surface area contributed by atoms with Gasteiger partial charge >= 0.3 is 0 Å². The van der Waals surface area contributed by atoms with Gasteiger partial charge in [0, 0.05) is 46.8 Å². The van der Waals surface area contributed by atoms with Crippen molar-refractivity contribution in [1.29, 1.82) is 0 Å². The molecular formula is C16H16Cl2F2N4OS. The van der Waals surface area contributed by atoms with Crippen LogP contribution in [0, 0.1) is 17.6 Å². The van der Waals surface area contributed by atoms with Gasteiger partial charge in [-0.15, -0.1) is 24.8 Å². The standard InChI is InChI=1S/C16H14F2N4OS.2ClH/c17-13-2-14(18)12(1-11(13)9-3-20-8-21-4-9)16-7-23-5-10(16)6-24-15(19)22-16;;/h1-4,8,10H,5-7H2,(H2,19,22);2*1H. The van der Waals surface area contributed by atoms with Crippen LogP contribution in [0.3, 0.4) is 0 Å². The molecule has 2 N–H and O–H groups in total. The number of nitrogens with zero attached hydrogens (tertiary/aromatic N) is 3. The zero-order chi connectivity index (χ0) is 16.7. The van der Waals surface area contributed by atoms with Crippen LogP contribution in [0.25, 0.3) is 11.1 Å². The molecule has 140 valence electrons. The summed E-state index contributed by atoms with van der Waals surface area (Å²) in [6.07, 6.45) is 4.33. The first-order valence-corrected chi connectivity index (χ1v) is 8.39. The summed E-state index contributed by atoms with van der Waals surface area (Å²) in [4.78, 5) is 12.3. The summed E-state index contributed by atoms with van der Waals surface area (Å²) in [6, 6.07) is 2.37. The van der Waals surface area contributed by atoms with Crippen molar-refractivity contribution in [3.63, 3.8) is 0 Å². The zero-order valence-corrected chi connectivity index (χ0v) is 15.8. The fourth-order valence-corrected chi connectivity index (χ4v) is 4.21. The van der Waals surface area contributed by atoms with Gasteiger partial charge in [-0.05, 0) is 6.07 Å². The lowest BCUT2D eigenvalue weighted by Crippen LogP contribution is -2.40. The van der Waals surface area contributed by atoms with Crippen molar-refractivity contribution in [1.82, 2.24) is 9.97 Å². The lowest BCUT2D eigenvalue weighted by Gasteiger charge is -2.34. The summed E-state index contributed by atoms with van der Waals surface area (Å²) in [7, 11) is 0. The second-order valence-electron chi connectivity index (χ2n) is 5.84. The summed E-state index contributed by atoms with van der Waals surface area (Å²) in [5, 5.41) is 0.394. The first kappa shape index (κ1) is 20.8. The van der Waals surface area contributed by atoms with Crippen LogP contribution in [-0.2, 0) is 10.3 Å². The molecule has 1 aromatic heterocycles. The van der Waals surface area contributed by atoms with Crippen molar-refractivity contribution in [2.24, 2.45) is 16.6 Å². The number of benzene rings is 1. The Morgan fingerprint density at radius 1 is 1.15 bits per heavy atom. The normalized spacial score (nSPS) is 24.1. The van der Waals surface area contributed by atoms with E-state index in [2.05, 4.69) is 15.0 Å². The molecule has 0 saturated carbocycles. The van der Waals surface area contributed by atoms with Crippen molar-refractivity contribution in [2.75, 3.05) is 19.0 Å². The molecule has 5 nitrogen and oxygen atoms in total. The van der Waals surface area contributed by atoms with E-state index in [-0.39, 0.29) is 42.9 Å². The van der Waals surface area contributed by atoms with E-state index < -0.39 is 17.2 Å². The highest BCUT2D eigenvalue weighted by molar-refractivity contribution is 8.13. The second-order valence-corrected chi connectivity index (χ2v) is 6.88. The molecule has 2 atom stereocenters. The molecule has 0 amide bonds. The number of hydrogen-bond donors (Lipinski definition) is 1. The Kier molecular flexibility index (Phi) is 6.44. The van der Waals surface area contributed by atoms with Crippen LogP contribution in [0.1, 0.15) is 5.56 Å². The predicted molar refractivity (Wildman–Crippen MR) is 102 cm³/mol. The average Bonchev–Trinajstić information content (AvgIpc) is 2.99.